The third kappa shape index (κ3) is 5.15. The van der Waals surface area contributed by atoms with E-state index in [1.807, 2.05) is 38.3 Å². The molecule has 6 rings (SSSR count). The number of pyridine rings is 1. The van der Waals surface area contributed by atoms with Crippen LogP contribution in [0.5, 0.6) is 0 Å². The van der Waals surface area contributed by atoms with Gasteiger partial charge >= 0.3 is 0 Å². The zero-order valence-corrected chi connectivity index (χ0v) is 27.6. The molecule has 1 aromatic heterocycles. The van der Waals surface area contributed by atoms with Gasteiger partial charge in [-0.15, -0.1) is 0 Å². The van der Waals surface area contributed by atoms with Crippen LogP contribution in [0.4, 0.5) is 0 Å². The number of nitrogens with zero attached hydrogens (tertiary/aromatic N) is 1. The first-order valence-corrected chi connectivity index (χ1v) is 15.7. The van der Waals surface area contributed by atoms with Crippen LogP contribution in [0.25, 0.3) is 38.4 Å². The first-order valence-electron chi connectivity index (χ1n) is 15.7. The Kier molecular flexibility index (Phi) is 8.62. The lowest BCUT2D eigenvalue weighted by molar-refractivity contribution is 0.521. The van der Waals surface area contributed by atoms with Crippen LogP contribution in [0.2, 0.25) is 0 Å². The third-order valence-electron chi connectivity index (χ3n) is 9.21. The summed E-state index contributed by atoms with van der Waals surface area (Å²) in [5, 5.41) is 3.66. The van der Waals surface area contributed by atoms with E-state index in [1.54, 1.807) is 0 Å². The molecule has 1 aliphatic carbocycles. The van der Waals surface area contributed by atoms with Gasteiger partial charge in [-0.1, -0.05) is 131 Å². The quantitative estimate of drug-likeness (QED) is 0.118. The molecule has 1 aliphatic rings. The lowest BCUT2D eigenvalue weighted by atomic mass is 9.59. The van der Waals surface area contributed by atoms with Crippen molar-refractivity contribution in [1.82, 2.24) is 4.98 Å². The van der Waals surface area contributed by atoms with E-state index >= 15 is 0 Å². The Morgan fingerprint density at radius 1 is 0.682 bits per heavy atom. The van der Waals surface area contributed by atoms with Gasteiger partial charge in [0, 0.05) is 28.0 Å². The van der Waals surface area contributed by atoms with Gasteiger partial charge in [-0.25, -0.2) is 0 Å². The Hall–Kier alpha value is -4.49. The largest absolute Gasteiger partial charge is 0.256 e. The topological polar surface area (TPSA) is 12.9 Å². The molecule has 44 heavy (non-hydrogen) atoms. The minimum Gasteiger partial charge on any atom is -0.256 e. The molecule has 0 aliphatic heterocycles. The van der Waals surface area contributed by atoms with Crippen molar-refractivity contribution in [2.24, 2.45) is 0 Å². The molecule has 0 bridgehead atoms. The Morgan fingerprint density at radius 2 is 1.32 bits per heavy atom. The van der Waals surface area contributed by atoms with Crippen LogP contribution in [0.3, 0.4) is 0 Å². The third-order valence-corrected chi connectivity index (χ3v) is 9.21. The van der Waals surface area contributed by atoms with Crippen LogP contribution in [-0.2, 0) is 10.8 Å². The van der Waals surface area contributed by atoms with Crippen LogP contribution in [0, 0.1) is 6.92 Å². The van der Waals surface area contributed by atoms with Crippen LogP contribution in [0.15, 0.2) is 122 Å². The highest BCUT2D eigenvalue weighted by atomic mass is 14.7. The summed E-state index contributed by atoms with van der Waals surface area (Å²) in [7, 11) is 0. The second kappa shape index (κ2) is 12.2. The first-order chi connectivity index (χ1) is 21.1. The van der Waals surface area contributed by atoms with E-state index in [0.717, 1.165) is 16.7 Å². The minimum atomic E-state index is -0.145. The second-order valence-corrected chi connectivity index (χ2v) is 12.8. The fourth-order valence-electron chi connectivity index (χ4n) is 6.87. The van der Waals surface area contributed by atoms with Crippen molar-refractivity contribution in [3.8, 4) is 11.1 Å². The normalized spacial score (nSPS) is 15.2. The van der Waals surface area contributed by atoms with E-state index in [-0.39, 0.29) is 10.8 Å². The van der Waals surface area contributed by atoms with Gasteiger partial charge in [0.15, 0.2) is 0 Å². The van der Waals surface area contributed by atoms with Gasteiger partial charge in [0.05, 0.1) is 5.52 Å². The molecule has 0 spiro atoms. The SMILES string of the molecule is C/C=C\C.C=C/C=C(\C=C/C)c1c2cc3c(cc2c(-c2ccccc2)c2cccnc12)C(C)(C)c1cc(C)ccc1C3(C)C. The molecule has 4 aromatic carbocycles. The summed E-state index contributed by atoms with van der Waals surface area (Å²) in [5.74, 6) is 0. The molecule has 0 radical (unpaired) electrons. The molecule has 0 saturated heterocycles. The van der Waals surface area contributed by atoms with Crippen molar-refractivity contribution < 1.29 is 0 Å². The maximum Gasteiger partial charge on any atom is 0.0792 e. The van der Waals surface area contributed by atoms with Crippen molar-refractivity contribution in [3.05, 3.63) is 155 Å². The summed E-state index contributed by atoms with van der Waals surface area (Å²) in [5.41, 5.74) is 12.4. The Bertz CT molecular complexity index is 1940. The fraction of sp³-hybridized carbons (Fsp3) is 0.233. The zero-order valence-electron chi connectivity index (χ0n) is 27.6. The number of allylic oxidation sites excluding steroid dienone is 7. The van der Waals surface area contributed by atoms with Gasteiger partial charge in [0.1, 0.15) is 0 Å². The molecule has 1 nitrogen and oxygen atoms in total. The molecular formula is C43H45N. The highest BCUT2D eigenvalue weighted by Crippen LogP contribution is 2.53. The lowest BCUT2D eigenvalue weighted by Gasteiger charge is -2.44. The highest BCUT2D eigenvalue weighted by molar-refractivity contribution is 6.18. The van der Waals surface area contributed by atoms with E-state index < -0.39 is 0 Å². The van der Waals surface area contributed by atoms with E-state index in [2.05, 4.69) is 139 Å². The summed E-state index contributed by atoms with van der Waals surface area (Å²) in [6, 6.07) is 27.1. The molecule has 1 heteroatoms. The molecule has 1 heterocycles. The van der Waals surface area contributed by atoms with Crippen LogP contribution in [-0.4, -0.2) is 4.98 Å². The van der Waals surface area contributed by atoms with Crippen molar-refractivity contribution in [3.63, 3.8) is 0 Å². The van der Waals surface area contributed by atoms with E-state index in [1.165, 1.54) is 55.1 Å². The monoisotopic (exact) mass is 575 g/mol. The summed E-state index contributed by atoms with van der Waals surface area (Å²) in [6.07, 6.45) is 14.2. The van der Waals surface area contributed by atoms with Gasteiger partial charge in [0.2, 0.25) is 0 Å². The van der Waals surface area contributed by atoms with E-state index in [9.17, 15) is 0 Å². The molecule has 0 unspecified atom stereocenters. The van der Waals surface area contributed by atoms with Crippen LogP contribution in [0.1, 0.15) is 81.8 Å². The van der Waals surface area contributed by atoms with Gasteiger partial charge in [-0.2, -0.15) is 0 Å². The van der Waals surface area contributed by atoms with Crippen molar-refractivity contribution in [2.45, 2.75) is 66.2 Å². The maximum absolute atomic E-state index is 5.02. The number of fused-ring (bicyclic) bond motifs is 4. The maximum atomic E-state index is 5.02. The number of aromatic nitrogens is 1. The zero-order chi connectivity index (χ0) is 31.6. The number of hydrogen-bond donors (Lipinski definition) is 0. The van der Waals surface area contributed by atoms with Gasteiger partial charge in [-0.05, 0) is 95.6 Å². The molecular weight excluding hydrogens is 530 g/mol. The van der Waals surface area contributed by atoms with Gasteiger partial charge in [-0.3, -0.25) is 4.98 Å². The average Bonchev–Trinajstić information content (AvgIpc) is 3.02. The Morgan fingerprint density at radius 3 is 1.95 bits per heavy atom. The van der Waals surface area contributed by atoms with Crippen molar-refractivity contribution >= 4 is 27.2 Å². The molecule has 0 saturated carbocycles. The highest BCUT2D eigenvalue weighted by Gasteiger charge is 2.42. The summed E-state index contributed by atoms with van der Waals surface area (Å²) >= 11 is 0. The Labute approximate surface area is 264 Å². The predicted octanol–water partition coefficient (Wildman–Crippen LogP) is 12.1. The summed E-state index contributed by atoms with van der Waals surface area (Å²) in [6.45, 7) is 21.9. The summed E-state index contributed by atoms with van der Waals surface area (Å²) in [4.78, 5) is 5.02. The molecule has 0 N–H and O–H groups in total. The molecule has 5 aromatic rings. The summed E-state index contributed by atoms with van der Waals surface area (Å²) < 4.78 is 0. The Balaban J connectivity index is 0.000000906. The molecule has 0 amide bonds. The number of rotatable bonds is 4. The molecule has 0 atom stereocenters. The number of hydrogen-bond acceptors (Lipinski definition) is 1. The fourth-order valence-corrected chi connectivity index (χ4v) is 6.87. The van der Waals surface area contributed by atoms with E-state index in [4.69, 9.17) is 4.98 Å². The van der Waals surface area contributed by atoms with Gasteiger partial charge < -0.3 is 0 Å². The van der Waals surface area contributed by atoms with Crippen molar-refractivity contribution in [2.75, 3.05) is 0 Å². The first kappa shape index (κ1) is 31.0. The van der Waals surface area contributed by atoms with E-state index in [0.29, 0.717) is 0 Å². The lowest BCUT2D eigenvalue weighted by Crippen LogP contribution is -2.36. The number of aryl methyl sites for hydroxylation is 1. The van der Waals surface area contributed by atoms with Crippen molar-refractivity contribution in [1.29, 1.82) is 0 Å². The second-order valence-electron chi connectivity index (χ2n) is 12.8. The molecule has 222 valence electrons. The van der Waals surface area contributed by atoms with Crippen LogP contribution >= 0.6 is 0 Å². The van der Waals surface area contributed by atoms with Gasteiger partial charge in [0.25, 0.3) is 0 Å². The predicted molar refractivity (Wildman–Crippen MR) is 194 cm³/mol. The number of benzene rings is 4. The molecule has 0 fully saturated rings. The minimum absolute atomic E-state index is 0.137. The smallest absolute Gasteiger partial charge is 0.0792 e. The standard InChI is InChI=1S/C39H37N.C4H8/c1-8-14-26(15-9-2)36-30-24-33-34(39(6,7)32-22-25(3)19-20-31(32)38(33,4)5)23-29(30)35(27-16-11-10-12-17-27)28-18-13-21-40-37(28)36;1-3-4-2/h8-24H,1H2,2-7H3;3-4H,1-2H3/b15-9-,26-14+;4-3-. The van der Waals surface area contributed by atoms with Crippen LogP contribution < -0.4 is 0 Å². The average molecular weight is 576 g/mol.